The van der Waals surface area contributed by atoms with Gasteiger partial charge in [0.1, 0.15) is 0 Å². The van der Waals surface area contributed by atoms with Crippen LogP contribution in [-0.4, -0.2) is 52.4 Å². The molecule has 0 radical (unpaired) electrons. The lowest BCUT2D eigenvalue weighted by molar-refractivity contribution is 0.0535. The van der Waals surface area contributed by atoms with Crippen LogP contribution in [0.2, 0.25) is 0 Å². The molecular weight excluding hydrogens is 316 g/mol. The number of hydrogen-bond donors (Lipinski definition) is 0. The van der Waals surface area contributed by atoms with Crippen molar-refractivity contribution in [3.05, 3.63) is 59.4 Å². The summed E-state index contributed by atoms with van der Waals surface area (Å²) in [4.78, 5) is 27.9. The molecule has 1 aromatic heterocycles. The van der Waals surface area contributed by atoms with Gasteiger partial charge >= 0.3 is 0 Å². The van der Waals surface area contributed by atoms with Crippen LogP contribution in [0.3, 0.4) is 0 Å². The Balaban J connectivity index is 1.63. The Morgan fingerprint density at radius 1 is 0.875 bits per heavy atom. The van der Waals surface area contributed by atoms with Crippen molar-refractivity contribution in [2.75, 3.05) is 26.2 Å². The van der Waals surface area contributed by atoms with Crippen molar-refractivity contribution in [3.8, 4) is 0 Å². The second-order valence-electron chi connectivity index (χ2n) is 5.78. The van der Waals surface area contributed by atoms with E-state index in [-0.39, 0.29) is 17.4 Å². The molecule has 1 saturated heterocycles. The lowest BCUT2D eigenvalue weighted by Crippen LogP contribution is -2.50. The molecule has 0 atom stereocenters. The largest absolute Gasteiger partial charge is 0.356 e. The summed E-state index contributed by atoms with van der Waals surface area (Å²) in [6, 6.07) is 4.86. The maximum absolute atomic E-state index is 13.3. The zero-order valence-electron chi connectivity index (χ0n) is 13.2. The van der Waals surface area contributed by atoms with Crippen LogP contribution in [0.15, 0.2) is 36.7 Å². The van der Waals surface area contributed by atoms with Crippen molar-refractivity contribution < 1.29 is 18.4 Å². The highest BCUT2D eigenvalue weighted by Gasteiger charge is 2.26. The quantitative estimate of drug-likeness (QED) is 0.843. The zero-order chi connectivity index (χ0) is 17.3. The summed E-state index contributed by atoms with van der Waals surface area (Å²) in [7, 11) is 1.84. The Morgan fingerprint density at radius 2 is 1.46 bits per heavy atom. The van der Waals surface area contributed by atoms with Gasteiger partial charge in [0.15, 0.2) is 11.6 Å². The van der Waals surface area contributed by atoms with Crippen LogP contribution < -0.4 is 0 Å². The van der Waals surface area contributed by atoms with Crippen molar-refractivity contribution in [2.45, 2.75) is 0 Å². The predicted molar refractivity (Wildman–Crippen MR) is 83.6 cm³/mol. The van der Waals surface area contributed by atoms with Crippen LogP contribution >= 0.6 is 0 Å². The molecule has 126 valence electrons. The number of carbonyl (C=O) groups excluding carboxylic acids is 2. The van der Waals surface area contributed by atoms with Gasteiger partial charge in [-0.15, -0.1) is 0 Å². The maximum Gasteiger partial charge on any atom is 0.255 e. The van der Waals surface area contributed by atoms with Gasteiger partial charge in [-0.25, -0.2) is 8.78 Å². The molecule has 5 nitrogen and oxygen atoms in total. The fourth-order valence-electron chi connectivity index (χ4n) is 2.74. The van der Waals surface area contributed by atoms with Gasteiger partial charge in [0.2, 0.25) is 0 Å². The minimum absolute atomic E-state index is 0.0736. The van der Waals surface area contributed by atoms with E-state index in [1.807, 2.05) is 7.05 Å². The number of halogens is 2. The third-order valence-corrected chi connectivity index (χ3v) is 4.10. The Kier molecular flexibility index (Phi) is 4.33. The SMILES string of the molecule is Cn1ccc(C(=O)N2CCN(C(=O)c3ccc(F)c(F)c3)CC2)c1. The van der Waals surface area contributed by atoms with Crippen molar-refractivity contribution in [1.82, 2.24) is 14.4 Å². The molecule has 3 rings (SSSR count). The third kappa shape index (κ3) is 3.15. The summed E-state index contributed by atoms with van der Waals surface area (Å²) in [5.74, 6) is -2.46. The maximum atomic E-state index is 13.3. The van der Waals surface area contributed by atoms with Gasteiger partial charge in [-0.1, -0.05) is 0 Å². The Bertz CT molecular complexity index is 780. The van der Waals surface area contributed by atoms with E-state index in [1.54, 1.807) is 32.8 Å². The molecule has 2 amide bonds. The molecule has 0 saturated carbocycles. The number of nitrogens with zero attached hydrogens (tertiary/aromatic N) is 3. The Labute approximate surface area is 138 Å². The number of carbonyl (C=O) groups is 2. The molecule has 1 aromatic carbocycles. The lowest BCUT2D eigenvalue weighted by atomic mass is 10.1. The molecular formula is C17H17F2N3O2. The Hall–Kier alpha value is -2.70. The summed E-state index contributed by atoms with van der Waals surface area (Å²) in [5, 5.41) is 0. The van der Waals surface area contributed by atoms with Crippen molar-refractivity contribution in [3.63, 3.8) is 0 Å². The van der Waals surface area contributed by atoms with Crippen molar-refractivity contribution in [1.29, 1.82) is 0 Å². The first kappa shape index (κ1) is 16.2. The molecule has 2 aromatic rings. The second kappa shape index (κ2) is 6.43. The standard InChI is InChI=1S/C17H17F2N3O2/c1-20-5-4-13(11-20)17(24)22-8-6-21(7-9-22)16(23)12-2-3-14(18)15(19)10-12/h2-5,10-11H,6-9H2,1H3. The number of piperazine rings is 1. The molecule has 7 heteroatoms. The second-order valence-corrected chi connectivity index (χ2v) is 5.78. The van der Waals surface area contributed by atoms with Crippen LogP contribution in [0.4, 0.5) is 8.78 Å². The highest BCUT2D eigenvalue weighted by molar-refractivity contribution is 5.95. The van der Waals surface area contributed by atoms with Gasteiger partial charge in [0, 0.05) is 51.2 Å². The van der Waals surface area contributed by atoms with Gasteiger partial charge in [-0.2, -0.15) is 0 Å². The molecule has 0 unspecified atom stereocenters. The number of amides is 2. The smallest absolute Gasteiger partial charge is 0.255 e. The summed E-state index contributed by atoms with van der Waals surface area (Å²) >= 11 is 0. The first-order valence-corrected chi connectivity index (χ1v) is 7.61. The van der Waals surface area contributed by atoms with Crippen LogP contribution in [0, 0.1) is 11.6 Å². The van der Waals surface area contributed by atoms with E-state index in [4.69, 9.17) is 0 Å². The van der Waals surface area contributed by atoms with Gasteiger partial charge in [0.25, 0.3) is 11.8 Å². The van der Waals surface area contributed by atoms with Gasteiger partial charge in [-0.3, -0.25) is 9.59 Å². The summed E-state index contributed by atoms with van der Waals surface area (Å²) < 4.78 is 28.0. The molecule has 1 aliphatic heterocycles. The molecule has 1 aliphatic rings. The number of rotatable bonds is 2. The number of hydrogen-bond acceptors (Lipinski definition) is 2. The molecule has 2 heterocycles. The van der Waals surface area contributed by atoms with E-state index in [1.165, 1.54) is 6.07 Å². The highest BCUT2D eigenvalue weighted by Crippen LogP contribution is 2.14. The van der Waals surface area contributed by atoms with E-state index >= 15 is 0 Å². The average Bonchev–Trinajstić information content (AvgIpc) is 3.02. The topological polar surface area (TPSA) is 45.6 Å². The third-order valence-electron chi connectivity index (χ3n) is 4.10. The summed E-state index contributed by atoms with van der Waals surface area (Å²) in [5.41, 5.74) is 0.717. The molecule has 0 N–H and O–H groups in total. The molecule has 0 bridgehead atoms. The first-order chi connectivity index (χ1) is 11.5. The molecule has 1 fully saturated rings. The van der Waals surface area contributed by atoms with Crippen molar-refractivity contribution >= 4 is 11.8 Å². The van der Waals surface area contributed by atoms with Gasteiger partial charge in [-0.05, 0) is 24.3 Å². The number of benzene rings is 1. The van der Waals surface area contributed by atoms with Crippen LogP contribution in [-0.2, 0) is 7.05 Å². The average molecular weight is 333 g/mol. The van der Waals surface area contributed by atoms with Crippen LogP contribution in [0.5, 0.6) is 0 Å². The fraction of sp³-hybridized carbons (Fsp3) is 0.294. The van der Waals surface area contributed by atoms with E-state index in [0.29, 0.717) is 31.7 Å². The first-order valence-electron chi connectivity index (χ1n) is 7.61. The van der Waals surface area contributed by atoms with E-state index < -0.39 is 11.6 Å². The van der Waals surface area contributed by atoms with E-state index in [2.05, 4.69) is 0 Å². The van der Waals surface area contributed by atoms with Crippen LogP contribution in [0.25, 0.3) is 0 Å². The summed E-state index contributed by atoms with van der Waals surface area (Å²) in [6.45, 7) is 1.53. The zero-order valence-corrected chi connectivity index (χ0v) is 13.2. The molecule has 0 spiro atoms. The monoisotopic (exact) mass is 333 g/mol. The van der Waals surface area contributed by atoms with Crippen molar-refractivity contribution in [2.24, 2.45) is 7.05 Å². The van der Waals surface area contributed by atoms with Gasteiger partial charge < -0.3 is 14.4 Å². The van der Waals surface area contributed by atoms with E-state index in [0.717, 1.165) is 12.1 Å². The molecule has 24 heavy (non-hydrogen) atoms. The van der Waals surface area contributed by atoms with Crippen LogP contribution in [0.1, 0.15) is 20.7 Å². The van der Waals surface area contributed by atoms with Gasteiger partial charge in [0.05, 0.1) is 5.56 Å². The normalized spacial score (nSPS) is 14.8. The minimum Gasteiger partial charge on any atom is -0.356 e. The van der Waals surface area contributed by atoms with E-state index in [9.17, 15) is 18.4 Å². The minimum atomic E-state index is -1.04. The summed E-state index contributed by atoms with van der Waals surface area (Å²) in [6.07, 6.45) is 3.55. The molecule has 0 aliphatic carbocycles. The fourth-order valence-corrected chi connectivity index (χ4v) is 2.74. The lowest BCUT2D eigenvalue weighted by Gasteiger charge is -2.34. The number of aromatic nitrogens is 1. The highest BCUT2D eigenvalue weighted by atomic mass is 19.2. The number of aryl methyl sites for hydroxylation is 1. The Morgan fingerprint density at radius 3 is 1.96 bits per heavy atom. The predicted octanol–water partition coefficient (Wildman–Crippen LogP) is 1.90.